The van der Waals surface area contributed by atoms with Gasteiger partial charge in [-0.1, -0.05) is 46.3 Å². The van der Waals surface area contributed by atoms with Gasteiger partial charge in [0.05, 0.1) is 17.0 Å². The number of rotatable bonds is 6. The molecular formula is C12H15BrCl2O. The summed E-state index contributed by atoms with van der Waals surface area (Å²) in [7, 11) is 0. The number of halogens is 3. The first-order chi connectivity index (χ1) is 7.69. The second kappa shape index (κ2) is 7.54. The van der Waals surface area contributed by atoms with E-state index in [-0.39, 0.29) is 17.0 Å². The third-order valence-electron chi connectivity index (χ3n) is 2.35. The first-order valence-corrected chi connectivity index (χ1v) is 7.14. The summed E-state index contributed by atoms with van der Waals surface area (Å²) in [6.07, 6.45) is -0.0532. The molecule has 1 rings (SSSR count). The van der Waals surface area contributed by atoms with Crippen LogP contribution in [0.25, 0.3) is 0 Å². The number of ether oxygens (including phenoxy) is 1. The average molecular weight is 326 g/mol. The minimum Gasteiger partial charge on any atom is -0.368 e. The Balaban J connectivity index is 2.59. The quantitative estimate of drug-likeness (QED) is 0.705. The molecule has 0 saturated heterocycles. The van der Waals surface area contributed by atoms with Gasteiger partial charge < -0.3 is 4.74 Å². The highest BCUT2D eigenvalue weighted by Crippen LogP contribution is 2.22. The highest BCUT2D eigenvalue weighted by Gasteiger charge is 2.20. The molecule has 0 aliphatic heterocycles. The zero-order valence-electron chi connectivity index (χ0n) is 9.08. The number of benzene rings is 1. The Morgan fingerprint density at radius 2 is 1.81 bits per heavy atom. The van der Waals surface area contributed by atoms with E-state index in [4.69, 9.17) is 27.9 Å². The van der Waals surface area contributed by atoms with Crippen molar-refractivity contribution < 1.29 is 4.74 Å². The van der Waals surface area contributed by atoms with E-state index in [2.05, 4.69) is 15.9 Å². The maximum Gasteiger partial charge on any atom is 0.0854 e. The van der Waals surface area contributed by atoms with E-state index < -0.39 is 0 Å². The van der Waals surface area contributed by atoms with E-state index in [1.165, 1.54) is 0 Å². The van der Waals surface area contributed by atoms with Crippen LogP contribution >= 0.6 is 39.1 Å². The lowest BCUT2D eigenvalue weighted by Gasteiger charge is -2.23. The van der Waals surface area contributed by atoms with Crippen LogP contribution in [0.2, 0.25) is 0 Å². The molecule has 0 spiro atoms. The molecule has 16 heavy (non-hydrogen) atoms. The Morgan fingerprint density at radius 1 is 1.19 bits per heavy atom. The van der Waals surface area contributed by atoms with Crippen LogP contribution in [-0.4, -0.2) is 22.7 Å². The maximum absolute atomic E-state index is 5.88. The number of hydrogen-bond acceptors (Lipinski definition) is 1. The van der Waals surface area contributed by atoms with Gasteiger partial charge in [-0.15, -0.1) is 23.2 Å². The summed E-state index contributed by atoms with van der Waals surface area (Å²) in [5.74, 6) is 0.915. The van der Waals surface area contributed by atoms with Crippen LogP contribution in [0.3, 0.4) is 0 Å². The Hall–Kier alpha value is 0.240. The van der Waals surface area contributed by atoms with Crippen LogP contribution in [-0.2, 0) is 4.74 Å². The van der Waals surface area contributed by atoms with Gasteiger partial charge in [0.2, 0.25) is 0 Å². The van der Waals surface area contributed by atoms with Gasteiger partial charge in [0.15, 0.2) is 0 Å². The molecule has 3 unspecified atom stereocenters. The fourth-order valence-electron chi connectivity index (χ4n) is 1.38. The van der Waals surface area contributed by atoms with Gasteiger partial charge in [-0.3, -0.25) is 0 Å². The van der Waals surface area contributed by atoms with Crippen LogP contribution in [0.1, 0.15) is 18.6 Å². The zero-order valence-corrected chi connectivity index (χ0v) is 12.2. The second-order valence-corrected chi connectivity index (χ2v) is 5.35. The lowest BCUT2D eigenvalue weighted by atomic mass is 10.1. The minimum atomic E-state index is -0.0747. The maximum atomic E-state index is 5.88. The van der Waals surface area contributed by atoms with E-state index in [1.807, 2.05) is 37.3 Å². The van der Waals surface area contributed by atoms with Crippen molar-refractivity contribution in [1.82, 2.24) is 0 Å². The summed E-state index contributed by atoms with van der Waals surface area (Å²) in [6.45, 7) is 2.02. The third kappa shape index (κ3) is 4.25. The smallest absolute Gasteiger partial charge is 0.0854 e. The summed E-state index contributed by atoms with van der Waals surface area (Å²) in [5, 5.41) is 0. The number of alkyl halides is 3. The molecular weight excluding hydrogens is 311 g/mol. The average Bonchev–Trinajstić information content (AvgIpc) is 2.35. The molecule has 0 aliphatic rings. The molecule has 4 heteroatoms. The highest BCUT2D eigenvalue weighted by molar-refractivity contribution is 9.09. The molecule has 0 radical (unpaired) electrons. The van der Waals surface area contributed by atoms with Gasteiger partial charge in [0.25, 0.3) is 0 Å². The fraction of sp³-hybridized carbons (Fsp3) is 0.500. The van der Waals surface area contributed by atoms with Gasteiger partial charge in [0.1, 0.15) is 0 Å². The fourth-order valence-corrected chi connectivity index (χ4v) is 2.40. The topological polar surface area (TPSA) is 9.23 Å². The van der Waals surface area contributed by atoms with Crippen molar-refractivity contribution in [3.63, 3.8) is 0 Å². The molecule has 1 nitrogen and oxygen atoms in total. The predicted octanol–water partition coefficient (Wildman–Crippen LogP) is 4.37. The van der Waals surface area contributed by atoms with Crippen LogP contribution in [0.15, 0.2) is 30.3 Å². The molecule has 0 aliphatic carbocycles. The Kier molecular flexibility index (Phi) is 6.74. The van der Waals surface area contributed by atoms with Gasteiger partial charge in [-0.2, -0.15) is 0 Å². The third-order valence-corrected chi connectivity index (χ3v) is 4.27. The van der Waals surface area contributed by atoms with Gasteiger partial charge in [0, 0.05) is 11.8 Å². The monoisotopic (exact) mass is 324 g/mol. The van der Waals surface area contributed by atoms with Crippen LogP contribution in [0, 0.1) is 0 Å². The van der Waals surface area contributed by atoms with Gasteiger partial charge >= 0.3 is 0 Å². The molecule has 90 valence electrons. The highest BCUT2D eigenvalue weighted by atomic mass is 79.9. The standard InChI is InChI=1S/C12H15BrCl2O/c1-9(10-5-3-2-4-6-10)16-12(8-15)11(13)7-14/h2-6,9,11-12H,7-8H2,1H3. The molecule has 0 saturated carbocycles. The molecule has 1 aromatic rings. The lowest BCUT2D eigenvalue weighted by Crippen LogP contribution is -2.28. The van der Waals surface area contributed by atoms with Crippen molar-refractivity contribution >= 4 is 39.1 Å². The zero-order chi connectivity index (χ0) is 12.0. The van der Waals surface area contributed by atoms with Crippen LogP contribution in [0.5, 0.6) is 0 Å². The molecule has 1 aromatic carbocycles. The summed E-state index contributed by atoms with van der Waals surface area (Å²) in [5.41, 5.74) is 1.15. The SMILES string of the molecule is CC(OC(CCl)C(Br)CCl)c1ccccc1. The van der Waals surface area contributed by atoms with Crippen LogP contribution < -0.4 is 0 Å². The van der Waals surface area contributed by atoms with Crippen LogP contribution in [0.4, 0.5) is 0 Å². The largest absolute Gasteiger partial charge is 0.368 e. The summed E-state index contributed by atoms with van der Waals surface area (Å²) < 4.78 is 5.88. The molecule has 0 N–H and O–H groups in total. The molecule has 3 atom stereocenters. The first kappa shape index (κ1) is 14.3. The summed E-state index contributed by atoms with van der Waals surface area (Å²) in [4.78, 5) is 0.0813. The molecule has 0 heterocycles. The molecule has 0 aromatic heterocycles. The van der Waals surface area contributed by atoms with E-state index in [1.54, 1.807) is 0 Å². The summed E-state index contributed by atoms with van der Waals surface area (Å²) in [6, 6.07) is 10.1. The Morgan fingerprint density at radius 3 is 2.31 bits per heavy atom. The normalized spacial score (nSPS) is 16.8. The van der Waals surface area contributed by atoms with E-state index in [9.17, 15) is 0 Å². The van der Waals surface area contributed by atoms with E-state index >= 15 is 0 Å². The molecule has 0 bridgehead atoms. The minimum absolute atomic E-state index is 0.0215. The van der Waals surface area contributed by atoms with Crippen molar-refractivity contribution in [3.05, 3.63) is 35.9 Å². The second-order valence-electron chi connectivity index (χ2n) is 3.55. The predicted molar refractivity (Wildman–Crippen MR) is 73.9 cm³/mol. The van der Waals surface area contributed by atoms with Crippen molar-refractivity contribution in [3.8, 4) is 0 Å². The van der Waals surface area contributed by atoms with Gasteiger partial charge in [-0.25, -0.2) is 0 Å². The van der Waals surface area contributed by atoms with Gasteiger partial charge in [-0.05, 0) is 12.5 Å². The number of hydrogen-bond donors (Lipinski definition) is 0. The lowest BCUT2D eigenvalue weighted by molar-refractivity contribution is 0.0119. The van der Waals surface area contributed by atoms with Crippen molar-refractivity contribution in [1.29, 1.82) is 0 Å². The van der Waals surface area contributed by atoms with Crippen molar-refractivity contribution in [2.45, 2.75) is 24.0 Å². The Bertz CT molecular complexity index is 294. The first-order valence-electron chi connectivity index (χ1n) is 5.15. The van der Waals surface area contributed by atoms with Crippen molar-refractivity contribution in [2.75, 3.05) is 11.8 Å². The Labute approximate surface area is 115 Å². The molecule has 0 amide bonds. The summed E-state index contributed by atoms with van der Waals surface area (Å²) >= 11 is 15.1. The van der Waals surface area contributed by atoms with E-state index in [0.717, 1.165) is 5.56 Å². The molecule has 0 fully saturated rings. The van der Waals surface area contributed by atoms with Crippen molar-refractivity contribution in [2.24, 2.45) is 0 Å². The van der Waals surface area contributed by atoms with E-state index in [0.29, 0.717) is 11.8 Å².